The van der Waals surface area contributed by atoms with Crippen molar-refractivity contribution in [2.24, 2.45) is 0 Å². The van der Waals surface area contributed by atoms with Gasteiger partial charge in [-0.15, -0.1) is 0 Å². The van der Waals surface area contributed by atoms with Gasteiger partial charge < -0.3 is 14.6 Å². The zero-order valence-electron chi connectivity index (χ0n) is 15.9. The Bertz CT molecular complexity index is 984. The van der Waals surface area contributed by atoms with Crippen LogP contribution in [0.15, 0.2) is 72.8 Å². The molecule has 0 radical (unpaired) electrons. The van der Waals surface area contributed by atoms with Crippen LogP contribution in [0.4, 0.5) is 13.2 Å². The lowest BCUT2D eigenvalue weighted by Gasteiger charge is -2.14. The average Bonchev–Trinajstić information content (AvgIpc) is 2.72. The Hall–Kier alpha value is -3.48. The fourth-order valence-corrected chi connectivity index (χ4v) is 2.73. The number of rotatable bonds is 8. The third-order valence-electron chi connectivity index (χ3n) is 4.24. The van der Waals surface area contributed by atoms with Crippen LogP contribution in [0, 0.1) is 0 Å². The van der Waals surface area contributed by atoms with Crippen molar-refractivity contribution in [3.05, 3.63) is 89.5 Å². The molecule has 156 valence electrons. The van der Waals surface area contributed by atoms with Gasteiger partial charge in [0.2, 0.25) is 0 Å². The van der Waals surface area contributed by atoms with E-state index < -0.39 is 17.7 Å². The van der Waals surface area contributed by atoms with Crippen molar-refractivity contribution in [2.75, 3.05) is 0 Å². The molecule has 0 saturated carbocycles. The Balaban J connectivity index is 1.76. The molecule has 0 bridgehead atoms. The molecule has 3 rings (SSSR count). The van der Waals surface area contributed by atoms with Crippen LogP contribution in [-0.4, -0.2) is 11.1 Å². The van der Waals surface area contributed by atoms with Gasteiger partial charge in [-0.1, -0.05) is 42.5 Å². The van der Waals surface area contributed by atoms with E-state index >= 15 is 0 Å². The maximum atomic E-state index is 13.3. The Morgan fingerprint density at radius 3 is 2.13 bits per heavy atom. The molecule has 0 heterocycles. The second-order valence-electron chi connectivity index (χ2n) is 6.60. The fourth-order valence-electron chi connectivity index (χ4n) is 2.73. The normalized spacial score (nSPS) is 11.2. The summed E-state index contributed by atoms with van der Waals surface area (Å²) in [7, 11) is 0. The number of hydrogen-bond acceptors (Lipinski definition) is 3. The van der Waals surface area contributed by atoms with Gasteiger partial charge in [0, 0.05) is 12.5 Å². The second-order valence-corrected chi connectivity index (χ2v) is 6.60. The molecule has 0 saturated heterocycles. The predicted octanol–water partition coefficient (Wildman–Crippen LogP) is 6.09. The minimum Gasteiger partial charge on any atom is -0.489 e. The number of alkyl halides is 3. The fraction of sp³-hybridized carbons (Fsp3) is 0.174. The van der Waals surface area contributed by atoms with Gasteiger partial charge in [0.1, 0.15) is 23.9 Å². The molecule has 0 amide bonds. The molecule has 0 aliphatic rings. The standard InChI is InChI=1S/C23H19F3O4/c24-23(25,26)18-12-20(29-15-17-4-2-1-3-5-17)14-21(13-18)30-19-9-6-16(7-10-19)8-11-22(27)28/h1-7,9-10,12-14H,8,11,15H2,(H,27,28). The van der Waals surface area contributed by atoms with Crippen molar-refractivity contribution < 1.29 is 32.5 Å². The van der Waals surface area contributed by atoms with E-state index in [0.717, 1.165) is 23.3 Å². The Morgan fingerprint density at radius 2 is 1.50 bits per heavy atom. The Morgan fingerprint density at radius 1 is 0.833 bits per heavy atom. The topological polar surface area (TPSA) is 55.8 Å². The minimum absolute atomic E-state index is 0.00402. The maximum Gasteiger partial charge on any atom is 0.416 e. The highest BCUT2D eigenvalue weighted by molar-refractivity contribution is 5.67. The van der Waals surface area contributed by atoms with Gasteiger partial charge in [-0.2, -0.15) is 13.2 Å². The third-order valence-corrected chi connectivity index (χ3v) is 4.24. The van der Waals surface area contributed by atoms with E-state index in [1.165, 1.54) is 6.07 Å². The maximum absolute atomic E-state index is 13.3. The van der Waals surface area contributed by atoms with Crippen molar-refractivity contribution in [1.82, 2.24) is 0 Å². The van der Waals surface area contributed by atoms with Gasteiger partial charge in [0.15, 0.2) is 0 Å². The molecule has 0 aromatic heterocycles. The van der Waals surface area contributed by atoms with Crippen LogP contribution >= 0.6 is 0 Å². The Labute approximate surface area is 171 Å². The van der Waals surface area contributed by atoms with Gasteiger partial charge in [-0.3, -0.25) is 4.79 Å². The molecular formula is C23H19F3O4. The smallest absolute Gasteiger partial charge is 0.416 e. The van der Waals surface area contributed by atoms with Crippen molar-refractivity contribution in [1.29, 1.82) is 0 Å². The lowest BCUT2D eigenvalue weighted by atomic mass is 10.1. The van der Waals surface area contributed by atoms with E-state index in [1.807, 2.05) is 30.3 Å². The lowest BCUT2D eigenvalue weighted by Crippen LogP contribution is -2.06. The van der Waals surface area contributed by atoms with E-state index in [2.05, 4.69) is 0 Å². The summed E-state index contributed by atoms with van der Waals surface area (Å²) in [5.74, 6) is -0.530. The van der Waals surface area contributed by atoms with Crippen LogP contribution in [0.25, 0.3) is 0 Å². The van der Waals surface area contributed by atoms with Crippen LogP contribution < -0.4 is 9.47 Å². The monoisotopic (exact) mass is 416 g/mol. The number of aryl methyl sites for hydroxylation is 1. The molecule has 0 atom stereocenters. The number of hydrogen-bond donors (Lipinski definition) is 1. The summed E-state index contributed by atoms with van der Waals surface area (Å²) < 4.78 is 51.0. The van der Waals surface area contributed by atoms with Gasteiger partial charge >= 0.3 is 12.1 Å². The molecule has 0 unspecified atom stereocenters. The van der Waals surface area contributed by atoms with Crippen LogP contribution in [0.2, 0.25) is 0 Å². The summed E-state index contributed by atoms with van der Waals surface area (Å²) in [6, 6.07) is 18.9. The SMILES string of the molecule is O=C(O)CCc1ccc(Oc2cc(OCc3ccccc3)cc(C(F)(F)F)c2)cc1. The molecule has 0 fully saturated rings. The first-order valence-electron chi connectivity index (χ1n) is 9.17. The van der Waals surface area contributed by atoms with E-state index in [1.54, 1.807) is 24.3 Å². The third kappa shape index (κ3) is 6.27. The average molecular weight is 416 g/mol. The summed E-state index contributed by atoms with van der Waals surface area (Å²) in [6.07, 6.45) is -4.20. The molecule has 0 aliphatic carbocycles. The number of benzene rings is 3. The van der Waals surface area contributed by atoms with Crippen molar-refractivity contribution in [3.8, 4) is 17.2 Å². The number of ether oxygens (including phenoxy) is 2. The van der Waals surface area contributed by atoms with E-state index in [-0.39, 0.29) is 24.5 Å². The number of carboxylic acid groups (broad SMARTS) is 1. The van der Waals surface area contributed by atoms with Gasteiger partial charge in [0.05, 0.1) is 5.56 Å². The number of carboxylic acids is 1. The lowest BCUT2D eigenvalue weighted by molar-refractivity contribution is -0.138. The molecular weight excluding hydrogens is 397 g/mol. The van der Waals surface area contributed by atoms with E-state index in [9.17, 15) is 18.0 Å². The zero-order chi connectivity index (χ0) is 21.6. The molecule has 7 heteroatoms. The molecule has 30 heavy (non-hydrogen) atoms. The van der Waals surface area contributed by atoms with E-state index in [0.29, 0.717) is 12.2 Å². The summed E-state index contributed by atoms with van der Waals surface area (Å²) >= 11 is 0. The zero-order valence-corrected chi connectivity index (χ0v) is 15.9. The van der Waals surface area contributed by atoms with Crippen LogP contribution in [-0.2, 0) is 24.0 Å². The molecule has 0 spiro atoms. The van der Waals surface area contributed by atoms with Gasteiger partial charge in [-0.05, 0) is 41.8 Å². The first kappa shape index (κ1) is 21.2. The van der Waals surface area contributed by atoms with Crippen LogP contribution in [0.3, 0.4) is 0 Å². The molecule has 0 aliphatic heterocycles. The molecule has 3 aromatic rings. The highest BCUT2D eigenvalue weighted by Gasteiger charge is 2.32. The largest absolute Gasteiger partial charge is 0.489 e. The van der Waals surface area contributed by atoms with Crippen molar-refractivity contribution >= 4 is 5.97 Å². The summed E-state index contributed by atoms with van der Waals surface area (Å²) in [6.45, 7) is 0.125. The summed E-state index contributed by atoms with van der Waals surface area (Å²) in [5.41, 5.74) is 0.746. The minimum atomic E-state index is -4.55. The van der Waals surface area contributed by atoms with Crippen LogP contribution in [0.1, 0.15) is 23.1 Å². The number of carbonyl (C=O) groups is 1. The first-order chi connectivity index (χ1) is 14.3. The number of halogens is 3. The summed E-state index contributed by atoms with van der Waals surface area (Å²) in [5, 5.41) is 8.73. The molecule has 3 aromatic carbocycles. The van der Waals surface area contributed by atoms with Crippen molar-refractivity contribution in [3.63, 3.8) is 0 Å². The second kappa shape index (κ2) is 9.35. The van der Waals surface area contributed by atoms with Crippen LogP contribution in [0.5, 0.6) is 17.2 Å². The van der Waals surface area contributed by atoms with E-state index in [4.69, 9.17) is 14.6 Å². The Kier molecular flexibility index (Phi) is 6.61. The quantitative estimate of drug-likeness (QED) is 0.483. The first-order valence-corrected chi connectivity index (χ1v) is 9.17. The molecule has 1 N–H and O–H groups in total. The highest BCUT2D eigenvalue weighted by atomic mass is 19.4. The highest BCUT2D eigenvalue weighted by Crippen LogP contribution is 2.36. The van der Waals surface area contributed by atoms with Gasteiger partial charge in [-0.25, -0.2) is 0 Å². The summed E-state index contributed by atoms with van der Waals surface area (Å²) in [4.78, 5) is 10.6. The van der Waals surface area contributed by atoms with Gasteiger partial charge in [0.25, 0.3) is 0 Å². The van der Waals surface area contributed by atoms with Crippen molar-refractivity contribution in [2.45, 2.75) is 25.6 Å². The predicted molar refractivity (Wildman–Crippen MR) is 105 cm³/mol. The number of aliphatic carboxylic acids is 1. The molecule has 4 nitrogen and oxygen atoms in total.